The molecular weight excluding hydrogens is 184 g/mol. The minimum Gasteiger partial charge on any atom is -0.470 e. The van der Waals surface area contributed by atoms with Gasteiger partial charge >= 0.3 is 0 Å². The molecule has 82 valence electrons. The van der Waals surface area contributed by atoms with E-state index in [-0.39, 0.29) is 5.17 Å². The Morgan fingerprint density at radius 1 is 1.15 bits per heavy atom. The first-order chi connectivity index (χ1) is 6.14. The molecule has 0 amide bonds. The third-order valence-electron chi connectivity index (χ3n) is 0.393. The average molecular weight is 208 g/mol. The first-order valence-corrected chi connectivity index (χ1v) is 5.18. The second-order valence-electron chi connectivity index (χ2n) is 2.28. The Morgan fingerprint density at radius 3 is 1.54 bits per heavy atom. The zero-order chi connectivity index (χ0) is 11.1. The van der Waals surface area contributed by atoms with Crippen LogP contribution in [0.3, 0.4) is 0 Å². The van der Waals surface area contributed by atoms with Crippen molar-refractivity contribution < 1.29 is 4.74 Å². The number of hydrazine groups is 1. The van der Waals surface area contributed by atoms with Gasteiger partial charge in [-0.15, -0.1) is 0 Å². The van der Waals surface area contributed by atoms with Crippen LogP contribution in [0, 0.1) is 0 Å². The highest BCUT2D eigenvalue weighted by Crippen LogP contribution is 1.71. The topological polar surface area (TPSA) is 47.3 Å². The number of rotatable bonds is 1. The maximum absolute atomic E-state index is 4.84. The van der Waals surface area contributed by atoms with Gasteiger partial charge in [-0.05, 0) is 19.1 Å². The summed E-state index contributed by atoms with van der Waals surface area (Å²) in [5.74, 6) is 4.84. The van der Waals surface area contributed by atoms with Gasteiger partial charge in [-0.3, -0.25) is 5.43 Å². The number of ether oxygens (including phenoxy) is 1. The van der Waals surface area contributed by atoms with Gasteiger partial charge in [0.2, 0.25) is 0 Å². The highest BCUT2D eigenvalue weighted by atomic mass is 32.1. The molecule has 0 aliphatic rings. The van der Waals surface area contributed by atoms with Crippen LogP contribution in [0.5, 0.6) is 0 Å². The van der Waals surface area contributed by atoms with Gasteiger partial charge < -0.3 is 4.74 Å². The molecule has 0 bridgehead atoms. The predicted octanol–water partition coefficient (Wildman–Crippen LogP) is 2.60. The van der Waals surface area contributed by atoms with Crippen LogP contribution in [0.2, 0.25) is 0 Å². The molecule has 0 radical (unpaired) electrons. The summed E-state index contributed by atoms with van der Waals surface area (Å²) >= 11 is 4.50. The van der Waals surface area contributed by atoms with E-state index in [1.165, 1.54) is 12.8 Å². The molecule has 0 aromatic rings. The number of nitrogens with two attached hydrogens (primary N) is 1. The fourth-order valence-corrected chi connectivity index (χ4v) is 0.291. The standard InChI is InChI=1S/C3H8N2OS.2C3H8/c1-2-6-3(7)5-4;2*1-3-2/h2,4H2,1H3,(H,5,7);2*3H2,1-2H3. The molecule has 0 atom stereocenters. The zero-order valence-corrected chi connectivity index (χ0v) is 10.3. The molecule has 13 heavy (non-hydrogen) atoms. The molecule has 3 nitrogen and oxygen atoms in total. The lowest BCUT2D eigenvalue weighted by Gasteiger charge is -1.99. The molecule has 0 unspecified atom stereocenters. The number of hydrogen-bond donors (Lipinski definition) is 2. The van der Waals surface area contributed by atoms with Gasteiger partial charge in [-0.1, -0.05) is 40.5 Å². The van der Waals surface area contributed by atoms with Gasteiger partial charge in [0, 0.05) is 0 Å². The lowest BCUT2D eigenvalue weighted by Crippen LogP contribution is -2.30. The van der Waals surface area contributed by atoms with Crippen molar-refractivity contribution in [3.8, 4) is 0 Å². The maximum Gasteiger partial charge on any atom is 0.271 e. The minimum absolute atomic E-state index is 0.238. The van der Waals surface area contributed by atoms with Gasteiger partial charge in [-0.25, -0.2) is 5.84 Å². The van der Waals surface area contributed by atoms with Gasteiger partial charge in [-0.2, -0.15) is 0 Å². The molecule has 0 rings (SSSR count). The Bertz CT molecular complexity index is 87.7. The highest BCUT2D eigenvalue weighted by Gasteiger charge is 1.83. The van der Waals surface area contributed by atoms with Crippen LogP contribution in [0.25, 0.3) is 0 Å². The van der Waals surface area contributed by atoms with E-state index in [1.807, 2.05) is 6.92 Å². The SMILES string of the molecule is CCC.CCC.CCOC(=S)NN. The Morgan fingerprint density at radius 2 is 1.46 bits per heavy atom. The van der Waals surface area contributed by atoms with E-state index in [9.17, 15) is 0 Å². The molecule has 0 saturated heterocycles. The molecule has 0 aliphatic heterocycles. The van der Waals surface area contributed by atoms with E-state index in [2.05, 4.69) is 50.1 Å². The summed E-state index contributed by atoms with van der Waals surface area (Å²) in [4.78, 5) is 0. The number of thiocarbonyl (C=S) groups is 1. The van der Waals surface area contributed by atoms with E-state index >= 15 is 0 Å². The van der Waals surface area contributed by atoms with Crippen LogP contribution in [0.1, 0.15) is 47.5 Å². The van der Waals surface area contributed by atoms with Crippen LogP contribution in [-0.2, 0) is 4.74 Å². The van der Waals surface area contributed by atoms with Gasteiger partial charge in [0.15, 0.2) is 0 Å². The molecule has 0 fully saturated rings. The number of nitrogens with one attached hydrogen (secondary N) is 1. The van der Waals surface area contributed by atoms with E-state index < -0.39 is 0 Å². The summed E-state index contributed by atoms with van der Waals surface area (Å²) in [6.45, 7) is 10.9. The highest BCUT2D eigenvalue weighted by molar-refractivity contribution is 7.80. The van der Waals surface area contributed by atoms with Crippen LogP contribution in [-0.4, -0.2) is 11.8 Å². The Balaban J connectivity index is -0.000000140. The first-order valence-electron chi connectivity index (χ1n) is 4.77. The Hall–Kier alpha value is -0.350. The first kappa shape index (κ1) is 18.4. The second kappa shape index (κ2) is 22.6. The van der Waals surface area contributed by atoms with Crippen molar-refractivity contribution in [2.45, 2.75) is 47.5 Å². The average Bonchev–Trinajstić information content (AvgIpc) is 2.07. The van der Waals surface area contributed by atoms with Crippen molar-refractivity contribution in [3.05, 3.63) is 0 Å². The van der Waals surface area contributed by atoms with Crippen LogP contribution >= 0.6 is 12.2 Å². The predicted molar refractivity (Wildman–Crippen MR) is 63.5 cm³/mol. The van der Waals surface area contributed by atoms with Crippen LogP contribution in [0.4, 0.5) is 0 Å². The molecule has 0 spiro atoms. The molecule has 3 N–H and O–H groups in total. The third kappa shape index (κ3) is 50.2. The summed E-state index contributed by atoms with van der Waals surface area (Å²) in [5, 5.41) is 0.238. The fourth-order valence-electron chi connectivity index (χ4n) is 0.173. The lowest BCUT2D eigenvalue weighted by atomic mass is 10.6. The maximum atomic E-state index is 4.84. The molecule has 0 heterocycles. The van der Waals surface area contributed by atoms with Gasteiger partial charge in [0.1, 0.15) is 0 Å². The van der Waals surface area contributed by atoms with Crippen molar-refractivity contribution in [1.82, 2.24) is 5.43 Å². The molecule has 4 heteroatoms. The van der Waals surface area contributed by atoms with Crippen LogP contribution < -0.4 is 11.3 Å². The van der Waals surface area contributed by atoms with E-state index in [1.54, 1.807) is 0 Å². The van der Waals surface area contributed by atoms with Crippen molar-refractivity contribution >= 4 is 17.4 Å². The summed E-state index contributed by atoms with van der Waals surface area (Å²) in [6.07, 6.45) is 2.50. The second-order valence-corrected chi connectivity index (χ2v) is 2.65. The normalized spacial score (nSPS) is 6.92. The summed E-state index contributed by atoms with van der Waals surface area (Å²) in [5.41, 5.74) is 2.18. The smallest absolute Gasteiger partial charge is 0.271 e. The molecule has 0 aromatic heterocycles. The minimum atomic E-state index is 0.238. The molecule has 0 aromatic carbocycles. The summed E-state index contributed by atoms with van der Waals surface area (Å²) in [7, 11) is 0. The Kier molecular flexibility index (Phi) is 32.0. The van der Waals surface area contributed by atoms with E-state index in [0.717, 1.165) is 0 Å². The lowest BCUT2D eigenvalue weighted by molar-refractivity contribution is 0.321. The number of hydrogen-bond acceptors (Lipinski definition) is 3. The monoisotopic (exact) mass is 208 g/mol. The van der Waals surface area contributed by atoms with Crippen molar-refractivity contribution in [2.24, 2.45) is 5.84 Å². The van der Waals surface area contributed by atoms with E-state index in [4.69, 9.17) is 5.84 Å². The largest absolute Gasteiger partial charge is 0.470 e. The van der Waals surface area contributed by atoms with Gasteiger partial charge in [0.25, 0.3) is 5.17 Å². The van der Waals surface area contributed by atoms with Crippen LogP contribution in [0.15, 0.2) is 0 Å². The van der Waals surface area contributed by atoms with Crippen molar-refractivity contribution in [3.63, 3.8) is 0 Å². The molecule has 0 saturated carbocycles. The summed E-state index contributed by atoms with van der Waals surface area (Å²) < 4.78 is 4.69. The van der Waals surface area contributed by atoms with Crippen molar-refractivity contribution in [2.75, 3.05) is 6.61 Å². The molecular formula is C9H24N2OS. The fraction of sp³-hybridized carbons (Fsp3) is 0.889. The quantitative estimate of drug-likeness (QED) is 0.395. The van der Waals surface area contributed by atoms with Gasteiger partial charge in [0.05, 0.1) is 6.61 Å². The molecule has 0 aliphatic carbocycles. The van der Waals surface area contributed by atoms with Crippen molar-refractivity contribution in [1.29, 1.82) is 0 Å². The summed E-state index contributed by atoms with van der Waals surface area (Å²) in [6, 6.07) is 0. The zero-order valence-electron chi connectivity index (χ0n) is 9.52. The third-order valence-corrected chi connectivity index (χ3v) is 0.629. The Labute approximate surface area is 88.0 Å². The van der Waals surface area contributed by atoms with E-state index in [0.29, 0.717) is 6.61 Å².